The maximum atomic E-state index is 14.4. The Labute approximate surface area is 172 Å². The summed E-state index contributed by atoms with van der Waals surface area (Å²) in [5.41, 5.74) is 3.09. The van der Waals surface area contributed by atoms with Gasteiger partial charge in [-0.3, -0.25) is 9.48 Å². The van der Waals surface area contributed by atoms with Crippen LogP contribution in [0.15, 0.2) is 48.9 Å². The van der Waals surface area contributed by atoms with Crippen LogP contribution in [0.25, 0.3) is 16.7 Å². The zero-order valence-electron chi connectivity index (χ0n) is 16.5. The molecule has 0 atom stereocenters. The van der Waals surface area contributed by atoms with Crippen molar-refractivity contribution in [3.05, 3.63) is 71.6 Å². The van der Waals surface area contributed by atoms with Gasteiger partial charge in [-0.1, -0.05) is 12.1 Å². The van der Waals surface area contributed by atoms with Crippen molar-refractivity contribution in [3.8, 4) is 5.69 Å². The Kier molecular flexibility index (Phi) is 4.54. The molecule has 1 aromatic carbocycles. The van der Waals surface area contributed by atoms with Crippen LogP contribution in [-0.4, -0.2) is 30.5 Å². The first-order valence-corrected chi connectivity index (χ1v) is 10.1. The number of carbonyl (C=O) groups is 1. The molecule has 1 amide bonds. The average Bonchev–Trinajstić information content (AvgIpc) is 3.37. The van der Waals surface area contributed by atoms with Gasteiger partial charge in [0.2, 0.25) is 0 Å². The van der Waals surface area contributed by atoms with E-state index in [4.69, 9.17) is 4.98 Å². The number of carbonyl (C=O) groups excluding carboxylic acids is 1. The minimum atomic E-state index is -0.389. The summed E-state index contributed by atoms with van der Waals surface area (Å²) in [5, 5.41) is 12.1. The lowest BCUT2D eigenvalue weighted by molar-refractivity contribution is 0.0952. The van der Waals surface area contributed by atoms with Crippen LogP contribution in [0, 0.1) is 5.82 Å². The second-order valence-electron chi connectivity index (χ2n) is 7.50. The molecular formula is C22H21FN6O. The second kappa shape index (κ2) is 7.37. The molecule has 8 heteroatoms. The van der Waals surface area contributed by atoms with Crippen molar-refractivity contribution in [2.75, 3.05) is 0 Å². The van der Waals surface area contributed by atoms with Gasteiger partial charge in [0.15, 0.2) is 5.65 Å². The molecule has 0 unspecified atom stereocenters. The number of rotatable bonds is 6. The van der Waals surface area contributed by atoms with Gasteiger partial charge in [-0.15, -0.1) is 0 Å². The quantitative estimate of drug-likeness (QED) is 0.533. The fourth-order valence-electron chi connectivity index (χ4n) is 3.54. The van der Waals surface area contributed by atoms with Gasteiger partial charge in [-0.2, -0.15) is 10.2 Å². The third kappa shape index (κ3) is 3.34. The molecule has 0 saturated heterocycles. The fraction of sp³-hybridized carbons (Fsp3) is 0.273. The Balaban J connectivity index is 1.52. The minimum absolute atomic E-state index is 0.207. The van der Waals surface area contributed by atoms with Crippen molar-refractivity contribution in [3.63, 3.8) is 0 Å². The van der Waals surface area contributed by atoms with E-state index in [0.717, 1.165) is 30.6 Å². The van der Waals surface area contributed by atoms with E-state index in [-0.39, 0.29) is 11.7 Å². The third-order valence-corrected chi connectivity index (χ3v) is 5.35. The van der Waals surface area contributed by atoms with E-state index in [1.54, 1.807) is 30.6 Å². The summed E-state index contributed by atoms with van der Waals surface area (Å²) in [7, 11) is 0. The molecule has 1 aliphatic carbocycles. The summed E-state index contributed by atoms with van der Waals surface area (Å²) in [6.45, 7) is 3.16. The van der Waals surface area contributed by atoms with E-state index >= 15 is 0 Å². The zero-order valence-corrected chi connectivity index (χ0v) is 16.5. The number of nitrogens with one attached hydrogen (secondary N) is 1. The number of amides is 1. The molecule has 0 radical (unpaired) electrons. The lowest BCUT2D eigenvalue weighted by Crippen LogP contribution is -2.23. The van der Waals surface area contributed by atoms with Crippen molar-refractivity contribution < 1.29 is 9.18 Å². The predicted octanol–water partition coefficient (Wildman–Crippen LogP) is 3.58. The first-order valence-electron chi connectivity index (χ1n) is 10.1. The molecule has 1 saturated carbocycles. The number of hydrogen-bond donors (Lipinski definition) is 1. The molecule has 5 rings (SSSR count). The number of para-hydroxylation sites is 1. The minimum Gasteiger partial charge on any atom is -0.348 e. The molecule has 1 aliphatic rings. The fourth-order valence-corrected chi connectivity index (χ4v) is 3.54. The molecule has 30 heavy (non-hydrogen) atoms. The molecule has 3 aromatic heterocycles. The molecule has 0 spiro atoms. The number of halogens is 1. The monoisotopic (exact) mass is 404 g/mol. The van der Waals surface area contributed by atoms with Crippen molar-refractivity contribution in [2.24, 2.45) is 0 Å². The summed E-state index contributed by atoms with van der Waals surface area (Å²) in [6.07, 6.45) is 7.33. The summed E-state index contributed by atoms with van der Waals surface area (Å²) >= 11 is 0. The average molecular weight is 404 g/mol. The first kappa shape index (κ1) is 18.5. The Bertz CT molecular complexity index is 1240. The largest absolute Gasteiger partial charge is 0.348 e. The van der Waals surface area contributed by atoms with Gasteiger partial charge in [-0.05, 0) is 38.0 Å². The van der Waals surface area contributed by atoms with E-state index in [1.807, 2.05) is 23.9 Å². The Morgan fingerprint density at radius 2 is 2.07 bits per heavy atom. The highest BCUT2D eigenvalue weighted by atomic mass is 19.1. The van der Waals surface area contributed by atoms with Crippen LogP contribution in [0.2, 0.25) is 0 Å². The molecule has 0 bridgehead atoms. The molecule has 0 aliphatic heterocycles. The Hall–Kier alpha value is -3.55. The van der Waals surface area contributed by atoms with Gasteiger partial charge in [-0.25, -0.2) is 14.1 Å². The Morgan fingerprint density at radius 1 is 1.23 bits per heavy atom. The number of aromatic nitrogens is 5. The Morgan fingerprint density at radius 3 is 2.80 bits per heavy atom. The second-order valence-corrected chi connectivity index (χ2v) is 7.50. The smallest absolute Gasteiger partial charge is 0.252 e. The van der Waals surface area contributed by atoms with Gasteiger partial charge in [0.05, 0.1) is 23.3 Å². The van der Waals surface area contributed by atoms with Gasteiger partial charge in [0.25, 0.3) is 5.91 Å². The third-order valence-electron chi connectivity index (χ3n) is 5.35. The van der Waals surface area contributed by atoms with E-state index in [0.29, 0.717) is 34.7 Å². The molecule has 1 N–H and O–H groups in total. The summed E-state index contributed by atoms with van der Waals surface area (Å²) in [5.74, 6) is -0.255. The summed E-state index contributed by atoms with van der Waals surface area (Å²) in [4.78, 5) is 17.8. The van der Waals surface area contributed by atoms with Gasteiger partial charge < -0.3 is 5.32 Å². The number of nitrogens with zero attached hydrogens (tertiary/aromatic N) is 5. The number of pyridine rings is 1. The molecular weight excluding hydrogens is 383 g/mol. The number of aryl methyl sites for hydroxylation is 1. The van der Waals surface area contributed by atoms with E-state index in [9.17, 15) is 9.18 Å². The zero-order chi connectivity index (χ0) is 20.7. The highest BCUT2D eigenvalue weighted by Gasteiger charge is 2.28. The van der Waals surface area contributed by atoms with E-state index in [1.165, 1.54) is 10.7 Å². The molecule has 4 aromatic rings. The number of hydrogen-bond acceptors (Lipinski definition) is 4. The van der Waals surface area contributed by atoms with E-state index < -0.39 is 0 Å². The van der Waals surface area contributed by atoms with Gasteiger partial charge in [0.1, 0.15) is 11.5 Å². The van der Waals surface area contributed by atoms with Crippen molar-refractivity contribution in [2.45, 2.75) is 38.8 Å². The molecule has 152 valence electrons. The van der Waals surface area contributed by atoms with Crippen LogP contribution in [0.4, 0.5) is 4.39 Å². The van der Waals surface area contributed by atoms with Crippen LogP contribution in [0.1, 0.15) is 47.3 Å². The van der Waals surface area contributed by atoms with Gasteiger partial charge in [0, 0.05) is 36.5 Å². The topological polar surface area (TPSA) is 77.6 Å². The normalized spacial score (nSPS) is 13.7. The molecule has 7 nitrogen and oxygen atoms in total. The number of fused-ring (bicyclic) bond motifs is 1. The lowest BCUT2D eigenvalue weighted by atomic mass is 10.1. The van der Waals surface area contributed by atoms with Crippen molar-refractivity contribution in [1.29, 1.82) is 0 Å². The van der Waals surface area contributed by atoms with Crippen LogP contribution in [0.3, 0.4) is 0 Å². The highest BCUT2D eigenvalue weighted by Crippen LogP contribution is 2.40. The lowest BCUT2D eigenvalue weighted by Gasteiger charge is -2.09. The van der Waals surface area contributed by atoms with Crippen molar-refractivity contribution in [1.82, 2.24) is 29.9 Å². The maximum Gasteiger partial charge on any atom is 0.252 e. The standard InChI is InChI=1S/C22H21FN6O/c1-2-28-13-14(11-25-28)10-24-22(30)16-9-19(15-7-8-15)27-21-17(16)12-26-29(21)20-6-4-3-5-18(20)23/h3-6,9,11-13,15H,2,7-8,10H2,1H3,(H,24,30). The maximum absolute atomic E-state index is 14.4. The van der Waals surface area contributed by atoms with Crippen LogP contribution >= 0.6 is 0 Å². The van der Waals surface area contributed by atoms with Gasteiger partial charge >= 0.3 is 0 Å². The van der Waals surface area contributed by atoms with Crippen LogP contribution in [-0.2, 0) is 13.1 Å². The van der Waals surface area contributed by atoms with Crippen LogP contribution < -0.4 is 5.32 Å². The number of benzene rings is 1. The molecule has 3 heterocycles. The van der Waals surface area contributed by atoms with Crippen LogP contribution in [0.5, 0.6) is 0 Å². The SMILES string of the molecule is CCn1cc(CNC(=O)c2cc(C3CC3)nc3c2cnn3-c2ccccc2F)cn1. The highest BCUT2D eigenvalue weighted by molar-refractivity contribution is 6.05. The van der Waals surface area contributed by atoms with Crippen molar-refractivity contribution >= 4 is 16.9 Å². The van der Waals surface area contributed by atoms with E-state index in [2.05, 4.69) is 15.5 Å². The molecule has 1 fully saturated rings. The predicted molar refractivity (Wildman–Crippen MR) is 110 cm³/mol. The first-order chi connectivity index (χ1) is 14.6. The summed E-state index contributed by atoms with van der Waals surface area (Å²) in [6, 6.07) is 8.27. The summed E-state index contributed by atoms with van der Waals surface area (Å²) < 4.78 is 17.7.